The molecule has 2 aliphatic heterocycles. The van der Waals surface area contributed by atoms with Gasteiger partial charge in [0.1, 0.15) is 0 Å². The van der Waals surface area contributed by atoms with Gasteiger partial charge in [-0.3, -0.25) is 0 Å². The van der Waals surface area contributed by atoms with Crippen molar-refractivity contribution in [3.63, 3.8) is 0 Å². The normalized spacial score (nSPS) is 58.3. The Morgan fingerprint density at radius 3 is 2.28 bits per heavy atom. The Bertz CT molecular complexity index is 374. The summed E-state index contributed by atoms with van der Waals surface area (Å²) in [5.41, 5.74) is 0.644. The molecule has 2 saturated heterocycles. The minimum atomic E-state index is -0.0977. The quantitative estimate of drug-likeness (QED) is 0.572. The predicted molar refractivity (Wildman–Crippen MR) is 79.6 cm³/mol. The number of fused-ring (bicyclic) bond motifs is 3. The molecule has 1 saturated carbocycles. The van der Waals surface area contributed by atoms with Gasteiger partial charge in [0.15, 0.2) is 0 Å². The van der Waals surface area contributed by atoms with Crippen LogP contribution in [0.1, 0.15) is 59.8 Å². The SMILES string of the molecule is CC1(C)[C@H]2CC[C@](C)(O2)[C@@]12CC[C@@](C)(Cl)[C@H](Br)C2. The standard InChI is InChI=1S/C15H24BrClO/c1-12(2)11-5-6-14(4,18-11)15(12)8-7-13(3,17)10(16)9-15/h10-11H,5-9H2,1-4H3/t10-,11-,13-,14+,15-/m1/s1. The molecule has 0 aromatic carbocycles. The molecule has 104 valence electrons. The zero-order chi connectivity index (χ0) is 13.4. The van der Waals surface area contributed by atoms with E-state index in [1.165, 1.54) is 19.3 Å². The molecule has 2 heterocycles. The molecule has 1 aliphatic carbocycles. The highest BCUT2D eigenvalue weighted by molar-refractivity contribution is 9.09. The van der Waals surface area contributed by atoms with E-state index in [1.54, 1.807) is 0 Å². The van der Waals surface area contributed by atoms with Gasteiger partial charge in [-0.2, -0.15) is 0 Å². The predicted octanol–water partition coefficient (Wildman–Crippen LogP) is 4.90. The van der Waals surface area contributed by atoms with Crippen molar-refractivity contribution in [3.05, 3.63) is 0 Å². The third kappa shape index (κ3) is 1.43. The molecule has 3 rings (SSSR count). The first kappa shape index (κ1) is 13.7. The summed E-state index contributed by atoms with van der Waals surface area (Å²) in [5, 5.41) is 0. The second-order valence-electron chi connectivity index (χ2n) is 7.63. The smallest absolute Gasteiger partial charge is 0.0721 e. The van der Waals surface area contributed by atoms with E-state index in [1.807, 2.05) is 0 Å². The molecular weight excluding hydrogens is 312 g/mol. The van der Waals surface area contributed by atoms with E-state index in [4.69, 9.17) is 16.3 Å². The highest BCUT2D eigenvalue weighted by Crippen LogP contribution is 2.71. The lowest BCUT2D eigenvalue weighted by Crippen LogP contribution is -2.58. The van der Waals surface area contributed by atoms with Gasteiger partial charge in [-0.05, 0) is 51.4 Å². The number of ether oxygens (including phenoxy) is 1. The number of halogens is 2. The Morgan fingerprint density at radius 2 is 1.78 bits per heavy atom. The van der Waals surface area contributed by atoms with Gasteiger partial charge >= 0.3 is 0 Å². The maximum atomic E-state index is 6.64. The van der Waals surface area contributed by atoms with Crippen LogP contribution in [-0.4, -0.2) is 21.4 Å². The molecule has 0 amide bonds. The van der Waals surface area contributed by atoms with Crippen LogP contribution in [0.5, 0.6) is 0 Å². The summed E-state index contributed by atoms with van der Waals surface area (Å²) in [6, 6.07) is 0. The third-order valence-corrected chi connectivity index (χ3v) is 8.61. The Kier molecular flexibility index (Phi) is 2.80. The van der Waals surface area contributed by atoms with Crippen LogP contribution in [0.25, 0.3) is 0 Å². The summed E-state index contributed by atoms with van der Waals surface area (Å²) >= 11 is 10.5. The van der Waals surface area contributed by atoms with Gasteiger partial charge in [-0.25, -0.2) is 0 Å². The zero-order valence-corrected chi connectivity index (χ0v) is 14.2. The van der Waals surface area contributed by atoms with Crippen LogP contribution in [0, 0.1) is 10.8 Å². The molecule has 1 nitrogen and oxygen atoms in total. The van der Waals surface area contributed by atoms with Crippen molar-refractivity contribution in [1.29, 1.82) is 0 Å². The zero-order valence-electron chi connectivity index (χ0n) is 11.9. The van der Waals surface area contributed by atoms with Crippen LogP contribution in [0.2, 0.25) is 0 Å². The number of hydrogen-bond acceptors (Lipinski definition) is 1. The minimum absolute atomic E-state index is 0.0700. The lowest BCUT2D eigenvalue weighted by atomic mass is 9.47. The topological polar surface area (TPSA) is 9.23 Å². The van der Waals surface area contributed by atoms with E-state index >= 15 is 0 Å². The fraction of sp³-hybridized carbons (Fsp3) is 1.00. The number of rotatable bonds is 0. The molecule has 18 heavy (non-hydrogen) atoms. The molecule has 0 aromatic heterocycles. The van der Waals surface area contributed by atoms with Crippen molar-refractivity contribution in [2.75, 3.05) is 0 Å². The summed E-state index contributed by atoms with van der Waals surface area (Å²) in [6.45, 7) is 9.35. The van der Waals surface area contributed by atoms with E-state index < -0.39 is 0 Å². The number of alkyl halides is 2. The first-order valence-corrected chi connectivity index (χ1v) is 8.45. The molecule has 1 spiro atoms. The largest absolute Gasteiger partial charge is 0.371 e. The van der Waals surface area contributed by atoms with Crippen LogP contribution in [0.4, 0.5) is 0 Å². The second-order valence-corrected chi connectivity index (χ2v) is 9.60. The first-order chi connectivity index (χ1) is 8.15. The van der Waals surface area contributed by atoms with Gasteiger partial charge < -0.3 is 4.74 Å². The van der Waals surface area contributed by atoms with Crippen LogP contribution in [0.15, 0.2) is 0 Å². The Labute approximate surface area is 124 Å². The van der Waals surface area contributed by atoms with Crippen molar-refractivity contribution < 1.29 is 4.74 Å². The van der Waals surface area contributed by atoms with Gasteiger partial charge in [-0.1, -0.05) is 29.8 Å². The molecule has 3 heteroatoms. The van der Waals surface area contributed by atoms with Crippen LogP contribution >= 0.6 is 27.5 Å². The van der Waals surface area contributed by atoms with E-state index in [9.17, 15) is 0 Å². The van der Waals surface area contributed by atoms with Gasteiger partial charge in [0.2, 0.25) is 0 Å². The molecule has 0 N–H and O–H groups in total. The van der Waals surface area contributed by atoms with E-state index in [-0.39, 0.29) is 15.9 Å². The summed E-state index contributed by atoms with van der Waals surface area (Å²) in [7, 11) is 0. The van der Waals surface area contributed by atoms with Gasteiger partial charge in [0.25, 0.3) is 0 Å². The van der Waals surface area contributed by atoms with Crippen LogP contribution < -0.4 is 0 Å². The van der Waals surface area contributed by atoms with Gasteiger partial charge in [0.05, 0.1) is 16.6 Å². The summed E-state index contributed by atoms with van der Waals surface area (Å²) in [6.07, 6.45) is 6.33. The van der Waals surface area contributed by atoms with E-state index in [2.05, 4.69) is 43.6 Å². The van der Waals surface area contributed by atoms with Gasteiger partial charge in [0, 0.05) is 10.2 Å². The van der Waals surface area contributed by atoms with Gasteiger partial charge in [-0.15, -0.1) is 11.6 Å². The summed E-state index contributed by atoms with van der Waals surface area (Å²) in [5.74, 6) is 0. The van der Waals surface area contributed by atoms with Crippen molar-refractivity contribution in [3.8, 4) is 0 Å². The second kappa shape index (κ2) is 3.68. The van der Waals surface area contributed by atoms with Crippen LogP contribution in [0.3, 0.4) is 0 Å². The molecule has 2 bridgehead atoms. The van der Waals surface area contributed by atoms with E-state index in [0.717, 1.165) is 12.8 Å². The molecule has 0 unspecified atom stereocenters. The Hall–Kier alpha value is 0.730. The number of hydrogen-bond donors (Lipinski definition) is 0. The highest BCUT2D eigenvalue weighted by Gasteiger charge is 2.71. The van der Waals surface area contributed by atoms with E-state index in [0.29, 0.717) is 16.3 Å². The average Bonchev–Trinajstić information content (AvgIpc) is 2.71. The highest BCUT2D eigenvalue weighted by atomic mass is 79.9. The summed E-state index contributed by atoms with van der Waals surface area (Å²) < 4.78 is 6.42. The lowest BCUT2D eigenvalue weighted by molar-refractivity contribution is -0.0690. The first-order valence-electron chi connectivity index (χ1n) is 7.16. The fourth-order valence-electron chi connectivity index (χ4n) is 4.99. The minimum Gasteiger partial charge on any atom is -0.371 e. The van der Waals surface area contributed by atoms with Crippen molar-refractivity contribution in [1.82, 2.24) is 0 Å². The Balaban J connectivity index is 2.00. The molecular formula is C15H24BrClO. The molecule has 3 fully saturated rings. The maximum absolute atomic E-state index is 6.64. The molecule has 3 aliphatic rings. The van der Waals surface area contributed by atoms with Crippen molar-refractivity contribution in [2.24, 2.45) is 10.8 Å². The molecule has 5 atom stereocenters. The third-order valence-electron chi connectivity index (χ3n) is 6.56. The Morgan fingerprint density at radius 1 is 1.11 bits per heavy atom. The lowest BCUT2D eigenvalue weighted by Gasteiger charge is -2.57. The monoisotopic (exact) mass is 334 g/mol. The molecule has 0 aromatic rings. The van der Waals surface area contributed by atoms with Crippen molar-refractivity contribution in [2.45, 2.75) is 81.2 Å². The van der Waals surface area contributed by atoms with Crippen molar-refractivity contribution >= 4 is 27.5 Å². The summed E-state index contributed by atoms with van der Waals surface area (Å²) in [4.78, 5) is 0.291. The maximum Gasteiger partial charge on any atom is 0.0721 e. The molecule has 0 radical (unpaired) electrons. The van der Waals surface area contributed by atoms with Crippen LogP contribution in [-0.2, 0) is 4.74 Å². The fourth-order valence-corrected chi connectivity index (χ4v) is 5.94. The average molecular weight is 336 g/mol.